The maximum atomic E-state index is 13.8. The van der Waals surface area contributed by atoms with Crippen molar-refractivity contribution in [3.05, 3.63) is 59.9 Å². The molecule has 2 aromatic carbocycles. The minimum atomic E-state index is -0.192. The van der Waals surface area contributed by atoms with E-state index in [4.69, 9.17) is 0 Å². The normalized spacial score (nSPS) is 10.9. The van der Waals surface area contributed by atoms with Gasteiger partial charge in [-0.25, -0.2) is 4.39 Å². The fraction of sp³-hybridized carbons (Fsp3) is 0.0667. The maximum absolute atomic E-state index is 13.8. The van der Waals surface area contributed by atoms with E-state index in [0.717, 1.165) is 22.2 Å². The van der Waals surface area contributed by atoms with E-state index in [1.54, 1.807) is 6.07 Å². The topological polar surface area (TPSA) is 15.8 Å². The van der Waals surface area contributed by atoms with E-state index in [1.807, 2.05) is 43.3 Å². The van der Waals surface area contributed by atoms with Gasteiger partial charge in [0.2, 0.25) is 0 Å². The average molecular weight is 225 g/mol. The van der Waals surface area contributed by atoms with E-state index in [9.17, 15) is 4.39 Å². The molecule has 1 heterocycles. The standard InChI is InChI=1S/C15H12FN/c1-10-6-7-13(16)12(8-10)15-9-11-4-2-3-5-14(11)17-15/h2-9,17H,1H3. The largest absolute Gasteiger partial charge is 0.354 e. The molecular formula is C15H12FN. The van der Waals surface area contributed by atoms with Gasteiger partial charge in [0, 0.05) is 22.2 Å². The first-order chi connectivity index (χ1) is 8.24. The molecule has 0 amide bonds. The summed E-state index contributed by atoms with van der Waals surface area (Å²) in [5.41, 5.74) is 3.54. The molecular weight excluding hydrogens is 213 g/mol. The predicted octanol–water partition coefficient (Wildman–Crippen LogP) is 4.28. The lowest BCUT2D eigenvalue weighted by molar-refractivity contribution is 0.630. The van der Waals surface area contributed by atoms with Crippen LogP contribution in [0, 0.1) is 12.7 Å². The fourth-order valence-corrected chi connectivity index (χ4v) is 2.06. The summed E-state index contributed by atoms with van der Waals surface area (Å²) in [6.07, 6.45) is 0. The van der Waals surface area contributed by atoms with Crippen molar-refractivity contribution < 1.29 is 4.39 Å². The Balaban J connectivity index is 2.23. The zero-order valence-electron chi connectivity index (χ0n) is 9.50. The van der Waals surface area contributed by atoms with Crippen LogP contribution >= 0.6 is 0 Å². The van der Waals surface area contributed by atoms with Crippen molar-refractivity contribution in [2.75, 3.05) is 0 Å². The number of aromatic amines is 1. The van der Waals surface area contributed by atoms with E-state index >= 15 is 0 Å². The summed E-state index contributed by atoms with van der Waals surface area (Å²) >= 11 is 0. The van der Waals surface area contributed by atoms with Crippen LogP contribution in [0.5, 0.6) is 0 Å². The van der Waals surface area contributed by atoms with E-state index in [1.165, 1.54) is 6.07 Å². The highest BCUT2D eigenvalue weighted by Crippen LogP contribution is 2.26. The van der Waals surface area contributed by atoms with Crippen molar-refractivity contribution in [2.45, 2.75) is 6.92 Å². The van der Waals surface area contributed by atoms with Crippen LogP contribution in [-0.4, -0.2) is 4.98 Å². The van der Waals surface area contributed by atoms with Crippen LogP contribution in [0.3, 0.4) is 0 Å². The van der Waals surface area contributed by atoms with E-state index in [-0.39, 0.29) is 5.82 Å². The smallest absolute Gasteiger partial charge is 0.132 e. The van der Waals surface area contributed by atoms with Gasteiger partial charge in [-0.3, -0.25) is 0 Å². The maximum Gasteiger partial charge on any atom is 0.132 e. The molecule has 3 rings (SSSR count). The number of halogens is 1. The second-order valence-corrected chi connectivity index (χ2v) is 4.25. The third-order valence-electron chi connectivity index (χ3n) is 2.94. The monoisotopic (exact) mass is 225 g/mol. The lowest BCUT2D eigenvalue weighted by Gasteiger charge is -2.01. The summed E-state index contributed by atoms with van der Waals surface area (Å²) < 4.78 is 13.8. The number of hydrogen-bond donors (Lipinski definition) is 1. The lowest BCUT2D eigenvalue weighted by atomic mass is 10.1. The van der Waals surface area contributed by atoms with Crippen LogP contribution in [0.1, 0.15) is 5.56 Å². The average Bonchev–Trinajstić information content (AvgIpc) is 2.75. The molecule has 0 unspecified atom stereocenters. The van der Waals surface area contributed by atoms with Crippen LogP contribution in [0.15, 0.2) is 48.5 Å². The summed E-state index contributed by atoms with van der Waals surface area (Å²) in [5.74, 6) is -0.192. The molecule has 1 aromatic heterocycles. The quantitative estimate of drug-likeness (QED) is 0.636. The molecule has 1 N–H and O–H groups in total. The van der Waals surface area contributed by atoms with Crippen molar-refractivity contribution >= 4 is 10.9 Å². The third kappa shape index (κ3) is 1.72. The van der Waals surface area contributed by atoms with Crippen LogP contribution in [-0.2, 0) is 0 Å². The van der Waals surface area contributed by atoms with Gasteiger partial charge in [0.1, 0.15) is 5.82 Å². The van der Waals surface area contributed by atoms with Gasteiger partial charge in [0.25, 0.3) is 0 Å². The minimum absolute atomic E-state index is 0.192. The number of benzene rings is 2. The SMILES string of the molecule is Cc1ccc(F)c(-c2cc3ccccc3[nH]2)c1. The molecule has 84 valence electrons. The zero-order valence-corrected chi connectivity index (χ0v) is 9.50. The zero-order chi connectivity index (χ0) is 11.8. The molecule has 0 saturated carbocycles. The van der Waals surface area contributed by atoms with Crippen molar-refractivity contribution in [1.29, 1.82) is 0 Å². The number of para-hydroxylation sites is 1. The molecule has 0 bridgehead atoms. The molecule has 0 saturated heterocycles. The Bertz CT molecular complexity index is 649. The van der Waals surface area contributed by atoms with Crippen molar-refractivity contribution in [3.8, 4) is 11.3 Å². The Morgan fingerprint density at radius 3 is 2.65 bits per heavy atom. The summed E-state index contributed by atoms with van der Waals surface area (Å²) in [6.45, 7) is 1.96. The lowest BCUT2D eigenvalue weighted by Crippen LogP contribution is -1.85. The Morgan fingerprint density at radius 2 is 1.82 bits per heavy atom. The second kappa shape index (κ2) is 3.74. The van der Waals surface area contributed by atoms with Gasteiger partial charge in [-0.2, -0.15) is 0 Å². The number of hydrogen-bond acceptors (Lipinski definition) is 0. The first-order valence-electron chi connectivity index (χ1n) is 5.58. The Labute approximate surface area is 98.9 Å². The first-order valence-corrected chi connectivity index (χ1v) is 5.58. The molecule has 0 aliphatic carbocycles. The molecule has 0 spiro atoms. The Kier molecular flexibility index (Phi) is 2.22. The molecule has 0 radical (unpaired) electrons. The van der Waals surface area contributed by atoms with Crippen LogP contribution in [0.4, 0.5) is 4.39 Å². The number of aromatic nitrogens is 1. The van der Waals surface area contributed by atoms with Crippen LogP contribution in [0.25, 0.3) is 22.2 Å². The molecule has 0 atom stereocenters. The van der Waals surface area contributed by atoms with E-state index in [2.05, 4.69) is 4.98 Å². The summed E-state index contributed by atoms with van der Waals surface area (Å²) in [6, 6.07) is 15.1. The van der Waals surface area contributed by atoms with Gasteiger partial charge in [-0.1, -0.05) is 29.8 Å². The Hall–Kier alpha value is -2.09. The molecule has 3 aromatic rings. The van der Waals surface area contributed by atoms with Gasteiger partial charge < -0.3 is 4.98 Å². The predicted molar refractivity (Wildman–Crippen MR) is 68.4 cm³/mol. The van der Waals surface area contributed by atoms with Crippen LogP contribution < -0.4 is 0 Å². The molecule has 1 nitrogen and oxygen atoms in total. The summed E-state index contributed by atoms with van der Waals surface area (Å²) in [5, 5.41) is 1.10. The minimum Gasteiger partial charge on any atom is -0.354 e. The molecule has 0 aliphatic heterocycles. The van der Waals surface area contributed by atoms with Gasteiger partial charge in [-0.15, -0.1) is 0 Å². The third-order valence-corrected chi connectivity index (χ3v) is 2.94. The highest BCUT2D eigenvalue weighted by Gasteiger charge is 2.08. The van der Waals surface area contributed by atoms with Crippen molar-refractivity contribution in [3.63, 3.8) is 0 Å². The van der Waals surface area contributed by atoms with Crippen molar-refractivity contribution in [2.24, 2.45) is 0 Å². The molecule has 17 heavy (non-hydrogen) atoms. The molecule has 2 heteroatoms. The summed E-state index contributed by atoms with van der Waals surface area (Å²) in [7, 11) is 0. The van der Waals surface area contributed by atoms with Gasteiger partial charge >= 0.3 is 0 Å². The van der Waals surface area contributed by atoms with Crippen LogP contribution in [0.2, 0.25) is 0 Å². The van der Waals surface area contributed by atoms with E-state index < -0.39 is 0 Å². The number of rotatable bonds is 1. The second-order valence-electron chi connectivity index (χ2n) is 4.25. The van der Waals surface area contributed by atoms with Gasteiger partial charge in [0.05, 0.1) is 0 Å². The summed E-state index contributed by atoms with van der Waals surface area (Å²) in [4.78, 5) is 3.24. The molecule has 0 aliphatic rings. The number of fused-ring (bicyclic) bond motifs is 1. The highest BCUT2D eigenvalue weighted by molar-refractivity contribution is 5.85. The molecule has 0 fully saturated rings. The fourth-order valence-electron chi connectivity index (χ4n) is 2.06. The Morgan fingerprint density at radius 1 is 1.00 bits per heavy atom. The van der Waals surface area contributed by atoms with Gasteiger partial charge in [0.15, 0.2) is 0 Å². The van der Waals surface area contributed by atoms with Gasteiger partial charge in [-0.05, 0) is 31.2 Å². The number of H-pyrrole nitrogens is 1. The number of aryl methyl sites for hydroxylation is 1. The van der Waals surface area contributed by atoms with Crippen molar-refractivity contribution in [1.82, 2.24) is 4.98 Å². The van der Waals surface area contributed by atoms with E-state index in [0.29, 0.717) is 5.56 Å². The highest BCUT2D eigenvalue weighted by atomic mass is 19.1. The first kappa shape index (κ1) is 10.1. The number of nitrogens with one attached hydrogen (secondary N) is 1.